The highest BCUT2D eigenvalue weighted by molar-refractivity contribution is 6.32. The normalized spacial score (nSPS) is 10.3. The molecule has 0 aliphatic carbocycles. The van der Waals surface area contributed by atoms with Gasteiger partial charge in [-0.2, -0.15) is 5.26 Å². The average molecular weight is 268 g/mol. The molecule has 3 heteroatoms. The Balaban J connectivity index is 2.17. The van der Waals surface area contributed by atoms with Gasteiger partial charge in [-0.3, -0.25) is 4.79 Å². The summed E-state index contributed by atoms with van der Waals surface area (Å²) < 4.78 is 0. The Labute approximate surface area is 116 Å². The van der Waals surface area contributed by atoms with E-state index in [9.17, 15) is 4.79 Å². The predicted molar refractivity (Wildman–Crippen MR) is 76.0 cm³/mol. The van der Waals surface area contributed by atoms with Crippen LogP contribution in [-0.2, 0) is 0 Å². The molecule has 2 nitrogen and oxygen atoms in total. The summed E-state index contributed by atoms with van der Waals surface area (Å²) in [5, 5.41) is 9.29. The first-order valence-corrected chi connectivity index (χ1v) is 6.05. The van der Waals surface area contributed by atoms with Crippen LogP contribution in [0.15, 0.2) is 54.6 Å². The first-order valence-electron chi connectivity index (χ1n) is 5.68. The highest BCUT2D eigenvalue weighted by Gasteiger charge is 2.02. The van der Waals surface area contributed by atoms with E-state index in [1.807, 2.05) is 24.3 Å². The van der Waals surface area contributed by atoms with Crippen LogP contribution in [0.4, 0.5) is 0 Å². The van der Waals surface area contributed by atoms with Crippen LogP contribution in [0.5, 0.6) is 0 Å². The molecule has 19 heavy (non-hydrogen) atoms. The topological polar surface area (TPSA) is 40.9 Å². The summed E-state index contributed by atoms with van der Waals surface area (Å²) in [5.74, 6) is -0.121. The zero-order valence-electron chi connectivity index (χ0n) is 10.0. The Bertz CT molecular complexity index is 666. The summed E-state index contributed by atoms with van der Waals surface area (Å²) in [5.41, 5.74) is 1.88. The third kappa shape index (κ3) is 3.31. The molecule has 0 unspecified atom stereocenters. The first-order chi connectivity index (χ1) is 9.20. The molecule has 0 aromatic heterocycles. The van der Waals surface area contributed by atoms with Crippen molar-refractivity contribution in [2.45, 2.75) is 0 Å². The Hall–Kier alpha value is -2.37. The van der Waals surface area contributed by atoms with Gasteiger partial charge in [-0.25, -0.2) is 0 Å². The van der Waals surface area contributed by atoms with Crippen molar-refractivity contribution >= 4 is 23.5 Å². The predicted octanol–water partition coefficient (Wildman–Crippen LogP) is 4.11. The van der Waals surface area contributed by atoms with Crippen molar-refractivity contribution in [3.8, 4) is 6.07 Å². The van der Waals surface area contributed by atoms with Crippen molar-refractivity contribution in [2.75, 3.05) is 0 Å². The SMILES string of the molecule is N#Cc1ccc(C(=O)C=Cc2ccccc2Cl)cc1. The number of rotatable bonds is 3. The van der Waals surface area contributed by atoms with Crippen molar-refractivity contribution in [2.24, 2.45) is 0 Å². The van der Waals surface area contributed by atoms with Gasteiger partial charge in [-0.1, -0.05) is 29.8 Å². The second kappa shape index (κ2) is 5.99. The standard InChI is InChI=1S/C16H10ClNO/c17-15-4-2-1-3-13(15)9-10-16(19)14-7-5-12(11-18)6-8-14/h1-10H. The number of hydrogen-bond donors (Lipinski definition) is 0. The molecule has 0 bridgehead atoms. The second-order valence-electron chi connectivity index (χ2n) is 3.91. The van der Waals surface area contributed by atoms with Crippen molar-refractivity contribution in [3.63, 3.8) is 0 Å². The summed E-state index contributed by atoms with van der Waals surface area (Å²) in [4.78, 5) is 11.9. The van der Waals surface area contributed by atoms with E-state index in [1.54, 1.807) is 36.4 Å². The monoisotopic (exact) mass is 267 g/mol. The molecule has 0 aliphatic rings. The zero-order chi connectivity index (χ0) is 13.7. The Morgan fingerprint density at radius 3 is 2.42 bits per heavy atom. The summed E-state index contributed by atoms with van der Waals surface area (Å²) in [6, 6.07) is 15.8. The van der Waals surface area contributed by atoms with Crippen LogP contribution >= 0.6 is 11.6 Å². The van der Waals surface area contributed by atoms with Gasteiger partial charge in [0.15, 0.2) is 5.78 Å². The van der Waals surface area contributed by atoms with Gasteiger partial charge in [0.25, 0.3) is 0 Å². The fourth-order valence-corrected chi connectivity index (χ4v) is 1.78. The summed E-state index contributed by atoms with van der Waals surface area (Å²) >= 11 is 5.99. The third-order valence-electron chi connectivity index (χ3n) is 2.62. The van der Waals surface area contributed by atoms with E-state index in [1.165, 1.54) is 6.08 Å². The largest absolute Gasteiger partial charge is 0.289 e. The number of allylic oxidation sites excluding steroid dienone is 1. The molecule has 0 spiro atoms. The summed E-state index contributed by atoms with van der Waals surface area (Å²) in [6.45, 7) is 0. The molecule has 2 aromatic carbocycles. The minimum absolute atomic E-state index is 0.121. The first kappa shape index (κ1) is 13.1. The van der Waals surface area contributed by atoms with Gasteiger partial charge in [0.1, 0.15) is 0 Å². The van der Waals surface area contributed by atoms with Gasteiger partial charge in [-0.15, -0.1) is 0 Å². The highest BCUT2D eigenvalue weighted by Crippen LogP contribution is 2.16. The van der Waals surface area contributed by atoms with E-state index in [2.05, 4.69) is 0 Å². The van der Waals surface area contributed by atoms with Crippen LogP contribution in [-0.4, -0.2) is 5.78 Å². The number of benzene rings is 2. The molecule has 0 atom stereocenters. The zero-order valence-corrected chi connectivity index (χ0v) is 10.8. The van der Waals surface area contributed by atoms with E-state index < -0.39 is 0 Å². The Kier molecular flexibility index (Phi) is 4.12. The van der Waals surface area contributed by atoms with Gasteiger partial charge >= 0.3 is 0 Å². The van der Waals surface area contributed by atoms with Gasteiger partial charge in [-0.05, 0) is 48.0 Å². The van der Waals surface area contributed by atoms with Gasteiger partial charge in [0, 0.05) is 10.6 Å². The molecule has 0 radical (unpaired) electrons. The van der Waals surface area contributed by atoms with Crippen LogP contribution < -0.4 is 0 Å². The maximum absolute atomic E-state index is 11.9. The number of ketones is 1. The lowest BCUT2D eigenvalue weighted by Gasteiger charge is -1.97. The second-order valence-corrected chi connectivity index (χ2v) is 4.32. The molecule has 0 amide bonds. The molecule has 0 aliphatic heterocycles. The molecule has 0 saturated heterocycles. The van der Waals surface area contributed by atoms with Crippen LogP contribution in [0.25, 0.3) is 6.08 Å². The molecule has 0 saturated carbocycles. The summed E-state index contributed by atoms with van der Waals surface area (Å²) in [6.07, 6.45) is 3.16. The van der Waals surface area contributed by atoms with Gasteiger partial charge in [0.2, 0.25) is 0 Å². The molecule has 0 fully saturated rings. The fraction of sp³-hybridized carbons (Fsp3) is 0. The Morgan fingerprint density at radius 1 is 1.11 bits per heavy atom. The van der Waals surface area contributed by atoms with Crippen molar-refractivity contribution in [1.29, 1.82) is 5.26 Å². The van der Waals surface area contributed by atoms with Crippen LogP contribution in [0.1, 0.15) is 21.5 Å². The van der Waals surface area contributed by atoms with Gasteiger partial charge < -0.3 is 0 Å². The number of hydrogen-bond acceptors (Lipinski definition) is 2. The van der Waals surface area contributed by atoms with Crippen molar-refractivity contribution in [1.82, 2.24) is 0 Å². The molecule has 0 heterocycles. The fourth-order valence-electron chi connectivity index (χ4n) is 1.58. The summed E-state index contributed by atoms with van der Waals surface area (Å²) in [7, 11) is 0. The molecule has 2 aromatic rings. The van der Waals surface area contributed by atoms with E-state index in [-0.39, 0.29) is 5.78 Å². The molecule has 2 rings (SSSR count). The maximum atomic E-state index is 11.9. The molecule has 0 N–H and O–H groups in total. The Morgan fingerprint density at radius 2 is 1.79 bits per heavy atom. The number of carbonyl (C=O) groups excluding carboxylic acids is 1. The quantitative estimate of drug-likeness (QED) is 0.620. The lowest BCUT2D eigenvalue weighted by Crippen LogP contribution is -1.93. The highest BCUT2D eigenvalue weighted by atomic mass is 35.5. The minimum atomic E-state index is -0.121. The van der Waals surface area contributed by atoms with Crippen LogP contribution in [0.2, 0.25) is 5.02 Å². The minimum Gasteiger partial charge on any atom is -0.289 e. The molecular formula is C16H10ClNO. The maximum Gasteiger partial charge on any atom is 0.185 e. The third-order valence-corrected chi connectivity index (χ3v) is 2.96. The molecular weight excluding hydrogens is 258 g/mol. The van der Waals surface area contributed by atoms with Crippen molar-refractivity contribution < 1.29 is 4.79 Å². The van der Waals surface area contributed by atoms with E-state index in [0.717, 1.165) is 5.56 Å². The van der Waals surface area contributed by atoms with E-state index in [4.69, 9.17) is 16.9 Å². The van der Waals surface area contributed by atoms with E-state index >= 15 is 0 Å². The average Bonchev–Trinajstić information content (AvgIpc) is 2.46. The van der Waals surface area contributed by atoms with Crippen LogP contribution in [0, 0.1) is 11.3 Å². The number of nitrogens with zero attached hydrogens (tertiary/aromatic N) is 1. The van der Waals surface area contributed by atoms with Crippen LogP contribution in [0.3, 0.4) is 0 Å². The lowest BCUT2D eigenvalue weighted by molar-refractivity contribution is 0.104. The number of nitriles is 1. The number of carbonyl (C=O) groups is 1. The number of halogens is 1. The van der Waals surface area contributed by atoms with Crippen molar-refractivity contribution in [3.05, 3.63) is 76.3 Å². The van der Waals surface area contributed by atoms with Gasteiger partial charge in [0.05, 0.1) is 11.6 Å². The smallest absolute Gasteiger partial charge is 0.185 e. The van der Waals surface area contributed by atoms with E-state index in [0.29, 0.717) is 16.1 Å². The molecule has 92 valence electrons. The lowest BCUT2D eigenvalue weighted by atomic mass is 10.1.